The predicted octanol–water partition coefficient (Wildman–Crippen LogP) is 1.36. The average Bonchev–Trinajstić information content (AvgIpc) is 2.16. The van der Waals surface area contributed by atoms with E-state index in [-0.39, 0.29) is 5.75 Å². The van der Waals surface area contributed by atoms with Crippen LogP contribution in [0.15, 0.2) is 34.1 Å². The molecule has 1 aliphatic heterocycles. The van der Waals surface area contributed by atoms with Gasteiger partial charge in [0.15, 0.2) is 0 Å². The molecular weight excluding hydrogens is 176 g/mol. The van der Waals surface area contributed by atoms with Crippen LogP contribution >= 0.6 is 0 Å². The zero-order valence-electron chi connectivity index (χ0n) is 6.42. The monoisotopic (exact) mass is 185 g/mol. The van der Waals surface area contributed by atoms with Crippen molar-refractivity contribution in [3.05, 3.63) is 31.4 Å². The lowest BCUT2D eigenvalue weighted by Crippen LogP contribution is -2.05. The third-order valence-electron chi connectivity index (χ3n) is 1.11. The number of nitrogens with zero attached hydrogens (tertiary/aromatic N) is 2. The molecule has 0 spiro atoms. The van der Waals surface area contributed by atoms with Crippen molar-refractivity contribution in [2.75, 3.05) is 5.75 Å². The molecule has 0 amide bonds. The van der Waals surface area contributed by atoms with Gasteiger partial charge < -0.3 is 9.29 Å². The Morgan fingerprint density at radius 3 is 3.00 bits per heavy atom. The Kier molecular flexibility index (Phi) is 3.83. The minimum absolute atomic E-state index is 0.232. The van der Waals surface area contributed by atoms with E-state index >= 15 is 0 Å². The smallest absolute Gasteiger partial charge is 0.231 e. The summed E-state index contributed by atoms with van der Waals surface area (Å²) in [5.41, 5.74) is 0. The molecule has 1 rings (SSSR count). The van der Waals surface area contributed by atoms with Crippen molar-refractivity contribution in [1.82, 2.24) is 0 Å². The summed E-state index contributed by atoms with van der Waals surface area (Å²) in [4.78, 5) is 0. The number of ether oxygens (including phenoxy) is 1. The quantitative estimate of drug-likeness (QED) is 0.492. The lowest BCUT2D eigenvalue weighted by atomic mass is 10.4. The lowest BCUT2D eigenvalue weighted by Gasteiger charge is -2.07. The van der Waals surface area contributed by atoms with Crippen molar-refractivity contribution >= 4 is 11.4 Å². The topological polar surface area (TPSA) is 57.0 Å². The van der Waals surface area contributed by atoms with Gasteiger partial charge in [0.05, 0.1) is 6.26 Å². The molecule has 0 N–H and O–H groups in total. The van der Waals surface area contributed by atoms with Gasteiger partial charge in [-0.15, -0.1) is 0 Å². The summed E-state index contributed by atoms with van der Waals surface area (Å²) in [5, 5.41) is 3.68. The molecule has 0 aliphatic carbocycles. The minimum Gasteiger partial charge on any atom is -0.590 e. The first kappa shape index (κ1) is 9.28. The molecule has 1 aliphatic rings. The van der Waals surface area contributed by atoms with Crippen LogP contribution in [0.2, 0.25) is 0 Å². The van der Waals surface area contributed by atoms with Crippen LogP contribution in [-0.2, 0) is 16.1 Å². The highest BCUT2D eigenvalue weighted by molar-refractivity contribution is 7.90. The van der Waals surface area contributed by atoms with E-state index in [4.69, 9.17) is 4.74 Å². The molecule has 5 heteroatoms. The zero-order chi connectivity index (χ0) is 8.81. The summed E-state index contributed by atoms with van der Waals surface area (Å²) in [6.45, 7) is 3.42. The molecule has 12 heavy (non-hydrogen) atoms. The van der Waals surface area contributed by atoms with E-state index in [1.807, 2.05) is 0 Å². The average molecular weight is 185 g/mol. The fraction of sp³-hybridized carbons (Fsp3) is 0.286. The SMILES string of the molecule is [CH2]C[S+]([O-])N=NC1C=CC=CO1. The van der Waals surface area contributed by atoms with Crippen molar-refractivity contribution in [3.8, 4) is 0 Å². The zero-order valence-corrected chi connectivity index (χ0v) is 7.24. The second-order valence-electron chi connectivity index (χ2n) is 1.96. The molecule has 0 saturated carbocycles. The van der Waals surface area contributed by atoms with E-state index in [1.54, 1.807) is 18.2 Å². The van der Waals surface area contributed by atoms with Crippen LogP contribution in [0.3, 0.4) is 0 Å². The van der Waals surface area contributed by atoms with Crippen molar-refractivity contribution in [2.24, 2.45) is 9.63 Å². The maximum atomic E-state index is 10.7. The van der Waals surface area contributed by atoms with E-state index in [2.05, 4.69) is 16.6 Å². The van der Waals surface area contributed by atoms with Crippen LogP contribution in [0.1, 0.15) is 0 Å². The molecule has 2 unspecified atom stereocenters. The van der Waals surface area contributed by atoms with Gasteiger partial charge in [0.1, 0.15) is 17.1 Å². The lowest BCUT2D eigenvalue weighted by molar-refractivity contribution is 0.186. The summed E-state index contributed by atoms with van der Waals surface area (Å²) in [6.07, 6.45) is 6.32. The summed E-state index contributed by atoms with van der Waals surface area (Å²) < 4.78 is 19.2. The molecule has 1 heterocycles. The molecular formula is C7H9N2O2S. The highest BCUT2D eigenvalue weighted by atomic mass is 32.2. The Bertz CT molecular complexity index is 215. The van der Waals surface area contributed by atoms with Crippen molar-refractivity contribution in [1.29, 1.82) is 0 Å². The summed E-state index contributed by atoms with van der Waals surface area (Å²) in [5.74, 6) is 0.232. The van der Waals surface area contributed by atoms with E-state index in [0.29, 0.717) is 0 Å². The second kappa shape index (κ2) is 4.95. The highest BCUT2D eigenvalue weighted by Gasteiger charge is 2.05. The third kappa shape index (κ3) is 3.06. The Labute approximate surface area is 74.3 Å². The number of allylic oxidation sites excluding steroid dienone is 2. The second-order valence-corrected chi connectivity index (χ2v) is 3.18. The van der Waals surface area contributed by atoms with Gasteiger partial charge in [0.25, 0.3) is 0 Å². The molecule has 1 radical (unpaired) electrons. The van der Waals surface area contributed by atoms with Gasteiger partial charge in [-0.2, -0.15) is 0 Å². The molecule has 2 atom stereocenters. The first-order valence-electron chi connectivity index (χ1n) is 3.40. The van der Waals surface area contributed by atoms with Crippen molar-refractivity contribution < 1.29 is 9.29 Å². The molecule has 0 bridgehead atoms. The van der Waals surface area contributed by atoms with Gasteiger partial charge in [-0.1, -0.05) is 11.2 Å². The Hall–Kier alpha value is -0.810. The van der Waals surface area contributed by atoms with Gasteiger partial charge in [-0.25, -0.2) is 0 Å². The van der Waals surface area contributed by atoms with Crippen LogP contribution < -0.4 is 0 Å². The fourth-order valence-corrected chi connectivity index (χ4v) is 0.861. The Morgan fingerprint density at radius 1 is 1.58 bits per heavy atom. The minimum atomic E-state index is -1.32. The fourth-order valence-electron chi connectivity index (χ4n) is 0.581. The van der Waals surface area contributed by atoms with Crippen LogP contribution in [0.5, 0.6) is 0 Å². The first-order valence-corrected chi connectivity index (χ1v) is 4.68. The summed E-state index contributed by atoms with van der Waals surface area (Å²) in [7, 11) is 0. The van der Waals surface area contributed by atoms with E-state index in [1.165, 1.54) is 6.26 Å². The molecule has 4 nitrogen and oxygen atoms in total. The molecule has 0 aromatic carbocycles. The normalized spacial score (nSPS) is 24.3. The van der Waals surface area contributed by atoms with Gasteiger partial charge >= 0.3 is 0 Å². The standard InChI is InChI=1S/C7H9N2O2S/c1-2-12(10)9-8-7-5-3-4-6-11-7/h3-7H,1-2H2. The van der Waals surface area contributed by atoms with Gasteiger partial charge in [-0.3, -0.25) is 0 Å². The summed E-state index contributed by atoms with van der Waals surface area (Å²) in [6, 6.07) is 0. The van der Waals surface area contributed by atoms with Gasteiger partial charge in [0.2, 0.25) is 6.23 Å². The molecule has 0 aromatic rings. The maximum Gasteiger partial charge on any atom is 0.231 e. The molecule has 65 valence electrons. The van der Waals surface area contributed by atoms with Gasteiger partial charge in [0, 0.05) is 4.52 Å². The van der Waals surface area contributed by atoms with Crippen molar-refractivity contribution in [2.45, 2.75) is 6.23 Å². The van der Waals surface area contributed by atoms with Crippen LogP contribution in [0, 0.1) is 6.92 Å². The number of hydrogen-bond acceptors (Lipinski definition) is 4. The van der Waals surface area contributed by atoms with Crippen molar-refractivity contribution in [3.63, 3.8) is 0 Å². The highest BCUT2D eigenvalue weighted by Crippen LogP contribution is 2.05. The van der Waals surface area contributed by atoms with Gasteiger partial charge in [-0.05, 0) is 19.1 Å². The Morgan fingerprint density at radius 2 is 2.42 bits per heavy atom. The predicted molar refractivity (Wildman–Crippen MR) is 46.4 cm³/mol. The Balaban J connectivity index is 2.35. The van der Waals surface area contributed by atoms with Crippen LogP contribution in [0.4, 0.5) is 0 Å². The largest absolute Gasteiger partial charge is 0.590 e. The van der Waals surface area contributed by atoms with Crippen LogP contribution in [-0.4, -0.2) is 16.5 Å². The molecule has 0 saturated heterocycles. The third-order valence-corrected chi connectivity index (χ3v) is 1.74. The molecule has 0 aromatic heterocycles. The first-order chi connectivity index (χ1) is 5.83. The van der Waals surface area contributed by atoms with E-state index in [9.17, 15) is 4.55 Å². The molecule has 0 fully saturated rings. The number of hydrogen-bond donors (Lipinski definition) is 0. The summed E-state index contributed by atoms with van der Waals surface area (Å²) >= 11 is -1.32. The van der Waals surface area contributed by atoms with Crippen LogP contribution in [0.25, 0.3) is 0 Å². The maximum absolute atomic E-state index is 10.7. The van der Waals surface area contributed by atoms with E-state index < -0.39 is 17.6 Å². The van der Waals surface area contributed by atoms with E-state index in [0.717, 1.165) is 0 Å². The number of rotatable bonds is 3.